The van der Waals surface area contributed by atoms with Crippen LogP contribution in [0.25, 0.3) is 0 Å². The number of nitrogens with zero attached hydrogens (tertiary/aromatic N) is 2. The van der Waals surface area contributed by atoms with Crippen LogP contribution in [0.15, 0.2) is 0 Å². The number of aromatic nitrogens is 1. The lowest BCUT2D eigenvalue weighted by Gasteiger charge is -2.23. The second-order valence-corrected chi connectivity index (χ2v) is 3.79. The molecule has 0 atom stereocenters. The Morgan fingerprint density at radius 1 is 1.07 bits per heavy atom. The van der Waals surface area contributed by atoms with Gasteiger partial charge >= 0.3 is 0 Å². The molecule has 0 amide bonds. The van der Waals surface area contributed by atoms with Gasteiger partial charge in [-0.25, -0.2) is 4.98 Å². The first-order chi connectivity index (χ1) is 7.02. The lowest BCUT2D eigenvalue weighted by molar-refractivity contribution is 0.462. The molecule has 3 heteroatoms. The van der Waals surface area contributed by atoms with Crippen LogP contribution in [0.4, 0.5) is 5.82 Å². The monoisotopic (exact) mass is 208 g/mol. The van der Waals surface area contributed by atoms with Crippen LogP contribution < -0.4 is 4.90 Å². The minimum atomic E-state index is 0.323. The Kier molecular flexibility index (Phi) is 3.56. The normalized spacial score (nSPS) is 10.5. The number of rotatable bonds is 3. The number of pyridine rings is 1. The number of hydrogen-bond donors (Lipinski definition) is 1. The highest BCUT2D eigenvalue weighted by molar-refractivity contribution is 5.55. The van der Waals surface area contributed by atoms with E-state index in [1.807, 2.05) is 20.8 Å². The first-order valence-electron chi connectivity index (χ1n) is 5.44. The van der Waals surface area contributed by atoms with Crippen LogP contribution in [-0.2, 0) is 0 Å². The molecule has 0 radical (unpaired) electrons. The average Bonchev–Trinajstić information content (AvgIpc) is 2.24. The van der Waals surface area contributed by atoms with Crippen molar-refractivity contribution in [1.82, 2.24) is 4.98 Å². The van der Waals surface area contributed by atoms with Gasteiger partial charge < -0.3 is 10.0 Å². The van der Waals surface area contributed by atoms with Gasteiger partial charge in [0.1, 0.15) is 11.6 Å². The quantitative estimate of drug-likeness (QED) is 0.829. The van der Waals surface area contributed by atoms with E-state index < -0.39 is 0 Å². The Balaban J connectivity index is 3.31. The summed E-state index contributed by atoms with van der Waals surface area (Å²) in [4.78, 5) is 6.65. The molecule has 0 aliphatic heterocycles. The summed E-state index contributed by atoms with van der Waals surface area (Å²) in [6.45, 7) is 11.9. The minimum Gasteiger partial charge on any atom is -0.506 e. The molecule has 0 spiro atoms. The molecule has 0 unspecified atom stereocenters. The smallest absolute Gasteiger partial charge is 0.140 e. The van der Waals surface area contributed by atoms with Crippen molar-refractivity contribution in [3.8, 4) is 5.75 Å². The van der Waals surface area contributed by atoms with E-state index in [-0.39, 0.29) is 0 Å². The van der Waals surface area contributed by atoms with Crippen molar-refractivity contribution < 1.29 is 5.11 Å². The van der Waals surface area contributed by atoms with E-state index in [1.165, 1.54) is 0 Å². The number of aryl methyl sites for hydroxylation is 1. The molecule has 1 rings (SSSR count). The highest BCUT2D eigenvalue weighted by atomic mass is 16.3. The maximum absolute atomic E-state index is 9.76. The molecule has 1 aromatic heterocycles. The Bertz CT molecular complexity index is 357. The molecule has 0 saturated carbocycles. The van der Waals surface area contributed by atoms with Gasteiger partial charge in [-0.15, -0.1) is 0 Å². The molecule has 0 aliphatic rings. The molecule has 3 nitrogen and oxygen atoms in total. The summed E-state index contributed by atoms with van der Waals surface area (Å²) in [5.74, 6) is 1.32. The number of aromatic hydroxyl groups is 1. The molecule has 1 aromatic rings. The Labute approximate surface area is 91.8 Å². The fourth-order valence-corrected chi connectivity index (χ4v) is 1.74. The van der Waals surface area contributed by atoms with E-state index in [0.717, 1.165) is 30.0 Å². The molecule has 0 saturated heterocycles. The van der Waals surface area contributed by atoms with E-state index in [1.54, 1.807) is 0 Å². The first kappa shape index (κ1) is 11.8. The predicted octanol–water partition coefficient (Wildman–Crippen LogP) is 2.56. The summed E-state index contributed by atoms with van der Waals surface area (Å²) >= 11 is 0. The van der Waals surface area contributed by atoms with E-state index in [4.69, 9.17) is 0 Å². The van der Waals surface area contributed by atoms with E-state index >= 15 is 0 Å². The van der Waals surface area contributed by atoms with Crippen LogP contribution in [0.1, 0.15) is 30.7 Å². The maximum Gasteiger partial charge on any atom is 0.140 e. The third-order valence-corrected chi connectivity index (χ3v) is 2.93. The summed E-state index contributed by atoms with van der Waals surface area (Å²) in [5, 5.41) is 9.76. The van der Waals surface area contributed by atoms with Crippen LogP contribution in [-0.4, -0.2) is 23.2 Å². The largest absolute Gasteiger partial charge is 0.506 e. The van der Waals surface area contributed by atoms with Gasteiger partial charge in [0, 0.05) is 13.1 Å². The van der Waals surface area contributed by atoms with Crippen LogP contribution in [0, 0.1) is 20.8 Å². The van der Waals surface area contributed by atoms with Crippen molar-refractivity contribution in [1.29, 1.82) is 0 Å². The summed E-state index contributed by atoms with van der Waals surface area (Å²) in [6.07, 6.45) is 0. The van der Waals surface area contributed by atoms with E-state index in [2.05, 4.69) is 23.7 Å². The van der Waals surface area contributed by atoms with Gasteiger partial charge in [-0.3, -0.25) is 0 Å². The Morgan fingerprint density at radius 2 is 1.60 bits per heavy atom. The second-order valence-electron chi connectivity index (χ2n) is 3.79. The first-order valence-corrected chi connectivity index (χ1v) is 5.44. The van der Waals surface area contributed by atoms with Crippen molar-refractivity contribution in [2.24, 2.45) is 0 Å². The third-order valence-electron chi connectivity index (χ3n) is 2.93. The van der Waals surface area contributed by atoms with Gasteiger partial charge in [-0.05, 0) is 45.7 Å². The lowest BCUT2D eigenvalue weighted by atomic mass is 10.1. The zero-order valence-corrected chi connectivity index (χ0v) is 10.3. The van der Waals surface area contributed by atoms with Gasteiger partial charge in [0.15, 0.2) is 0 Å². The van der Waals surface area contributed by atoms with Crippen LogP contribution in [0.5, 0.6) is 5.75 Å². The van der Waals surface area contributed by atoms with Gasteiger partial charge in [0.2, 0.25) is 0 Å². The maximum atomic E-state index is 9.76. The van der Waals surface area contributed by atoms with Crippen molar-refractivity contribution in [2.75, 3.05) is 18.0 Å². The average molecular weight is 208 g/mol. The second kappa shape index (κ2) is 4.51. The summed E-state index contributed by atoms with van der Waals surface area (Å²) < 4.78 is 0. The molecular formula is C12H20N2O. The highest BCUT2D eigenvalue weighted by Crippen LogP contribution is 2.29. The SMILES string of the molecule is CCN(CC)c1nc(C)c(O)c(C)c1C. The minimum absolute atomic E-state index is 0.323. The molecule has 15 heavy (non-hydrogen) atoms. The molecular weight excluding hydrogens is 188 g/mol. The summed E-state index contributed by atoms with van der Waals surface area (Å²) in [5.41, 5.74) is 2.71. The summed E-state index contributed by atoms with van der Waals surface area (Å²) in [7, 11) is 0. The van der Waals surface area contributed by atoms with Crippen molar-refractivity contribution >= 4 is 5.82 Å². The lowest BCUT2D eigenvalue weighted by Crippen LogP contribution is -2.24. The Hall–Kier alpha value is -1.25. The predicted molar refractivity (Wildman–Crippen MR) is 63.7 cm³/mol. The molecule has 1 N–H and O–H groups in total. The van der Waals surface area contributed by atoms with Crippen LogP contribution in [0.2, 0.25) is 0 Å². The molecule has 1 heterocycles. The molecule has 0 aromatic carbocycles. The van der Waals surface area contributed by atoms with Crippen molar-refractivity contribution in [3.63, 3.8) is 0 Å². The Morgan fingerprint density at radius 3 is 2.07 bits per heavy atom. The number of anilines is 1. The third kappa shape index (κ3) is 2.06. The zero-order valence-electron chi connectivity index (χ0n) is 10.3. The van der Waals surface area contributed by atoms with Crippen molar-refractivity contribution in [2.45, 2.75) is 34.6 Å². The van der Waals surface area contributed by atoms with Crippen molar-refractivity contribution in [3.05, 3.63) is 16.8 Å². The van der Waals surface area contributed by atoms with Gasteiger partial charge in [-0.1, -0.05) is 0 Å². The topological polar surface area (TPSA) is 36.4 Å². The van der Waals surface area contributed by atoms with Gasteiger partial charge in [0.05, 0.1) is 5.69 Å². The van der Waals surface area contributed by atoms with Gasteiger partial charge in [-0.2, -0.15) is 0 Å². The van der Waals surface area contributed by atoms with E-state index in [0.29, 0.717) is 11.4 Å². The van der Waals surface area contributed by atoms with Gasteiger partial charge in [0.25, 0.3) is 0 Å². The van der Waals surface area contributed by atoms with Crippen LogP contribution >= 0.6 is 0 Å². The molecule has 0 aliphatic carbocycles. The van der Waals surface area contributed by atoms with E-state index in [9.17, 15) is 5.11 Å². The molecule has 0 bridgehead atoms. The molecule has 0 fully saturated rings. The molecule has 84 valence electrons. The fourth-order valence-electron chi connectivity index (χ4n) is 1.74. The van der Waals surface area contributed by atoms with Crippen LogP contribution in [0.3, 0.4) is 0 Å². The fraction of sp³-hybridized carbons (Fsp3) is 0.583. The number of hydrogen-bond acceptors (Lipinski definition) is 3. The zero-order chi connectivity index (χ0) is 11.6. The highest BCUT2D eigenvalue weighted by Gasteiger charge is 2.14. The standard InChI is InChI=1S/C12H20N2O/c1-6-14(7-2)12-9(4)8(3)11(15)10(5)13-12/h15H,6-7H2,1-5H3. The summed E-state index contributed by atoms with van der Waals surface area (Å²) in [6, 6.07) is 0.